The second kappa shape index (κ2) is 7.73. The average molecular weight is 383 g/mol. The predicted octanol–water partition coefficient (Wildman–Crippen LogP) is 0.704. The van der Waals surface area contributed by atoms with Crippen LogP contribution in [0.25, 0.3) is 0 Å². The van der Waals surface area contributed by atoms with Crippen LogP contribution in [0.1, 0.15) is 30.9 Å². The summed E-state index contributed by atoms with van der Waals surface area (Å²) in [6.07, 6.45) is 0.551. The van der Waals surface area contributed by atoms with Gasteiger partial charge in [-0.1, -0.05) is 6.07 Å². The van der Waals surface area contributed by atoms with E-state index in [1.807, 2.05) is 13.0 Å². The Morgan fingerprint density at radius 3 is 2.42 bits per heavy atom. The minimum atomic E-state index is -3.49. The number of carboxylic acid groups (broad SMARTS) is 1. The Bertz CT molecular complexity index is 799. The van der Waals surface area contributed by atoms with Gasteiger partial charge in [0.15, 0.2) is 0 Å². The van der Waals surface area contributed by atoms with E-state index in [1.165, 1.54) is 11.2 Å². The molecule has 1 heterocycles. The third-order valence-electron chi connectivity index (χ3n) is 4.73. The Morgan fingerprint density at radius 1 is 1.31 bits per heavy atom. The Balaban J connectivity index is 1.98. The van der Waals surface area contributed by atoms with Crippen molar-refractivity contribution in [2.75, 3.05) is 24.2 Å². The zero-order chi connectivity index (χ0) is 19.5. The van der Waals surface area contributed by atoms with Crippen molar-refractivity contribution >= 4 is 27.6 Å². The average Bonchev–Trinajstić information content (AvgIpc) is 2.54. The maximum absolute atomic E-state index is 12.5. The van der Waals surface area contributed by atoms with Gasteiger partial charge in [-0.25, -0.2) is 12.7 Å². The lowest BCUT2D eigenvalue weighted by molar-refractivity contribution is -0.144. The number of benzene rings is 1. The first-order chi connectivity index (χ1) is 12.0. The molecular weight excluding hydrogens is 358 g/mol. The van der Waals surface area contributed by atoms with Crippen LogP contribution in [-0.4, -0.2) is 54.1 Å². The maximum atomic E-state index is 12.5. The molecule has 0 atom stereocenters. The summed E-state index contributed by atoms with van der Waals surface area (Å²) in [5, 5.41) is 11.8. The van der Waals surface area contributed by atoms with E-state index in [0.29, 0.717) is 12.1 Å². The minimum absolute atomic E-state index is 0.0576. The van der Waals surface area contributed by atoms with Crippen molar-refractivity contribution < 1.29 is 23.1 Å². The lowest BCUT2D eigenvalue weighted by Crippen LogP contribution is -2.56. The normalized spacial score (nSPS) is 17.7. The Hall–Kier alpha value is -1.97. The molecule has 0 radical (unpaired) electrons. The molecule has 1 aromatic carbocycles. The zero-order valence-corrected chi connectivity index (χ0v) is 15.8. The van der Waals surface area contributed by atoms with Crippen LogP contribution in [0.2, 0.25) is 0 Å². The van der Waals surface area contributed by atoms with E-state index in [0.717, 1.165) is 11.1 Å². The summed E-state index contributed by atoms with van der Waals surface area (Å²) in [4.78, 5) is 22.2. The molecule has 8 nitrogen and oxygen atoms in total. The van der Waals surface area contributed by atoms with Crippen LogP contribution in [0.15, 0.2) is 18.2 Å². The quantitative estimate of drug-likeness (QED) is 0.663. The molecule has 2 rings (SSSR count). The second-order valence-corrected chi connectivity index (χ2v) is 8.84. The fourth-order valence-corrected chi connectivity index (χ4v) is 4.48. The van der Waals surface area contributed by atoms with Crippen molar-refractivity contribution in [3.05, 3.63) is 29.3 Å². The number of anilines is 1. The largest absolute Gasteiger partial charge is 0.480 e. The van der Waals surface area contributed by atoms with Gasteiger partial charge in [-0.05, 0) is 49.4 Å². The Morgan fingerprint density at radius 2 is 1.92 bits per heavy atom. The van der Waals surface area contributed by atoms with E-state index in [2.05, 4.69) is 5.32 Å². The lowest BCUT2D eigenvalue weighted by Gasteiger charge is -2.35. The molecule has 144 valence electrons. The topological polar surface area (TPSA) is 130 Å². The number of piperidine rings is 1. The number of carbonyl (C=O) groups excluding carboxylic acids is 1. The monoisotopic (exact) mass is 383 g/mol. The van der Waals surface area contributed by atoms with Crippen LogP contribution in [0, 0.1) is 6.92 Å². The van der Waals surface area contributed by atoms with E-state index in [-0.39, 0.29) is 37.6 Å². The number of aryl methyl sites for hydroxylation is 2. The van der Waals surface area contributed by atoms with Crippen molar-refractivity contribution in [1.29, 1.82) is 0 Å². The fourth-order valence-electron chi connectivity index (χ4n) is 3.00. The first-order valence-electron chi connectivity index (χ1n) is 8.41. The van der Waals surface area contributed by atoms with E-state index in [9.17, 15) is 18.0 Å². The van der Waals surface area contributed by atoms with Crippen LogP contribution in [0.5, 0.6) is 0 Å². The standard InChI is InChI=1S/C17H25N3O5S/c1-12-11-15(19-13(2)21)4-3-14(12)5-10-26(24,25)20-8-6-17(18,7-9-20)16(22)23/h3-4,11H,5-10,18H2,1-2H3,(H,19,21)(H,22,23). The molecule has 1 saturated heterocycles. The third-order valence-corrected chi connectivity index (χ3v) is 6.60. The molecule has 1 aromatic rings. The molecule has 0 saturated carbocycles. The van der Waals surface area contributed by atoms with Crippen molar-refractivity contribution in [3.63, 3.8) is 0 Å². The van der Waals surface area contributed by atoms with Crippen molar-refractivity contribution in [3.8, 4) is 0 Å². The number of carbonyl (C=O) groups is 2. The molecule has 9 heteroatoms. The summed E-state index contributed by atoms with van der Waals surface area (Å²) in [5.41, 5.74) is 6.90. The molecule has 0 aromatic heterocycles. The summed E-state index contributed by atoms with van der Waals surface area (Å²) >= 11 is 0. The highest BCUT2D eigenvalue weighted by atomic mass is 32.2. The minimum Gasteiger partial charge on any atom is -0.480 e. The molecule has 1 fully saturated rings. The molecule has 26 heavy (non-hydrogen) atoms. The molecule has 0 unspecified atom stereocenters. The predicted molar refractivity (Wildman–Crippen MR) is 98.3 cm³/mol. The molecule has 1 amide bonds. The van der Waals surface area contributed by atoms with Gasteiger partial charge in [0.1, 0.15) is 5.54 Å². The Kier molecular flexibility index (Phi) is 6.05. The first kappa shape index (κ1) is 20.3. The van der Waals surface area contributed by atoms with Gasteiger partial charge >= 0.3 is 5.97 Å². The van der Waals surface area contributed by atoms with Gasteiger partial charge in [0.25, 0.3) is 0 Å². The van der Waals surface area contributed by atoms with Crippen LogP contribution in [0.4, 0.5) is 5.69 Å². The number of nitrogens with one attached hydrogen (secondary N) is 1. The number of amides is 1. The summed E-state index contributed by atoms with van der Waals surface area (Å²) < 4.78 is 26.4. The van der Waals surface area contributed by atoms with Crippen molar-refractivity contribution in [2.24, 2.45) is 5.73 Å². The van der Waals surface area contributed by atoms with Gasteiger partial charge in [-0.2, -0.15) is 0 Å². The zero-order valence-electron chi connectivity index (χ0n) is 15.0. The van der Waals surface area contributed by atoms with Gasteiger partial charge in [-0.3, -0.25) is 9.59 Å². The highest BCUT2D eigenvalue weighted by Gasteiger charge is 2.40. The first-order valence-corrected chi connectivity index (χ1v) is 10.0. The smallest absolute Gasteiger partial charge is 0.323 e. The second-order valence-electron chi connectivity index (χ2n) is 6.75. The number of hydrogen-bond acceptors (Lipinski definition) is 5. The highest BCUT2D eigenvalue weighted by molar-refractivity contribution is 7.89. The number of rotatable bonds is 6. The summed E-state index contributed by atoms with van der Waals surface area (Å²) in [5.74, 6) is -1.32. The van der Waals surface area contributed by atoms with E-state index in [4.69, 9.17) is 10.8 Å². The molecule has 0 aliphatic carbocycles. The van der Waals surface area contributed by atoms with Crippen molar-refractivity contribution in [2.45, 2.75) is 38.6 Å². The molecule has 0 spiro atoms. The fraction of sp³-hybridized carbons (Fsp3) is 0.529. The van der Waals surface area contributed by atoms with Gasteiger partial charge in [0.05, 0.1) is 5.75 Å². The van der Waals surface area contributed by atoms with E-state index in [1.54, 1.807) is 12.1 Å². The molecular formula is C17H25N3O5S. The SMILES string of the molecule is CC(=O)Nc1ccc(CCS(=O)(=O)N2CCC(N)(C(=O)O)CC2)c(C)c1. The Labute approximate surface area is 153 Å². The number of hydrogen-bond donors (Lipinski definition) is 3. The van der Waals surface area contributed by atoms with Gasteiger partial charge in [-0.15, -0.1) is 0 Å². The van der Waals surface area contributed by atoms with Crippen molar-refractivity contribution in [1.82, 2.24) is 4.31 Å². The summed E-state index contributed by atoms with van der Waals surface area (Å²) in [6, 6.07) is 5.36. The van der Waals surface area contributed by atoms with E-state index < -0.39 is 21.5 Å². The van der Waals surface area contributed by atoms with Gasteiger partial charge in [0.2, 0.25) is 15.9 Å². The summed E-state index contributed by atoms with van der Waals surface area (Å²) in [7, 11) is -3.49. The number of nitrogens with two attached hydrogens (primary N) is 1. The number of nitrogens with zero attached hydrogens (tertiary/aromatic N) is 1. The molecule has 1 aliphatic heterocycles. The van der Waals surface area contributed by atoms with E-state index >= 15 is 0 Å². The molecule has 0 bridgehead atoms. The number of sulfonamides is 1. The summed E-state index contributed by atoms with van der Waals surface area (Å²) in [6.45, 7) is 3.52. The molecule has 4 N–H and O–H groups in total. The van der Waals surface area contributed by atoms with Crippen LogP contribution in [-0.2, 0) is 26.0 Å². The van der Waals surface area contributed by atoms with Gasteiger partial charge in [0, 0.05) is 25.7 Å². The third kappa shape index (κ3) is 4.80. The van der Waals surface area contributed by atoms with Crippen LogP contribution < -0.4 is 11.1 Å². The maximum Gasteiger partial charge on any atom is 0.323 e. The highest BCUT2D eigenvalue weighted by Crippen LogP contribution is 2.23. The molecule has 1 aliphatic rings. The number of carboxylic acids is 1. The lowest BCUT2D eigenvalue weighted by atomic mass is 9.90. The van der Waals surface area contributed by atoms with Crippen LogP contribution in [0.3, 0.4) is 0 Å². The van der Waals surface area contributed by atoms with Crippen LogP contribution >= 0.6 is 0 Å². The number of aliphatic carboxylic acids is 1. The van der Waals surface area contributed by atoms with Gasteiger partial charge < -0.3 is 16.2 Å².